The van der Waals surface area contributed by atoms with Crippen LogP contribution in [0.3, 0.4) is 0 Å². The number of aromatic amines is 1. The van der Waals surface area contributed by atoms with Crippen LogP contribution in [0.4, 0.5) is 0 Å². The van der Waals surface area contributed by atoms with Crippen molar-refractivity contribution in [2.45, 2.75) is 66.3 Å². The first-order valence-electron chi connectivity index (χ1n) is 10.2. The van der Waals surface area contributed by atoms with Gasteiger partial charge in [-0.2, -0.15) is 0 Å². The quantitative estimate of drug-likeness (QED) is 0.699. The lowest BCUT2D eigenvalue weighted by molar-refractivity contribution is -0.135. The molecule has 1 atom stereocenters. The largest absolute Gasteiger partial charge is 0.461 e. The van der Waals surface area contributed by atoms with Gasteiger partial charge in [0.05, 0.1) is 12.5 Å². The number of amides is 2. The third-order valence-electron chi connectivity index (χ3n) is 5.24. The van der Waals surface area contributed by atoms with Crippen molar-refractivity contribution in [1.29, 1.82) is 0 Å². The molecule has 7 nitrogen and oxygen atoms in total. The Kier molecular flexibility index (Phi) is 7.66. The Morgan fingerprint density at radius 1 is 1.29 bits per heavy atom. The molecule has 1 saturated heterocycles. The Labute approximate surface area is 167 Å². The van der Waals surface area contributed by atoms with Crippen LogP contribution in [0.25, 0.3) is 0 Å². The van der Waals surface area contributed by atoms with Crippen LogP contribution < -0.4 is 5.32 Å². The molecule has 156 valence electrons. The minimum Gasteiger partial charge on any atom is -0.461 e. The lowest BCUT2D eigenvalue weighted by Crippen LogP contribution is -2.46. The molecule has 0 bridgehead atoms. The van der Waals surface area contributed by atoms with Crippen LogP contribution in [0.5, 0.6) is 0 Å². The molecule has 2 amide bonds. The Balaban J connectivity index is 1.97. The van der Waals surface area contributed by atoms with Gasteiger partial charge in [0.15, 0.2) is 0 Å². The van der Waals surface area contributed by atoms with E-state index in [1.165, 1.54) is 0 Å². The number of carbonyl (C=O) groups excluding carboxylic acids is 3. The fourth-order valence-corrected chi connectivity index (χ4v) is 3.78. The van der Waals surface area contributed by atoms with Gasteiger partial charge in [0, 0.05) is 31.2 Å². The summed E-state index contributed by atoms with van der Waals surface area (Å²) in [7, 11) is 0. The Hall–Kier alpha value is -2.31. The zero-order chi connectivity index (χ0) is 20.8. The molecule has 1 aliphatic heterocycles. The third kappa shape index (κ3) is 5.36. The summed E-state index contributed by atoms with van der Waals surface area (Å²) >= 11 is 0. The van der Waals surface area contributed by atoms with E-state index in [1.807, 2.05) is 27.7 Å². The minimum atomic E-state index is -0.365. The van der Waals surface area contributed by atoms with Gasteiger partial charge >= 0.3 is 5.97 Å². The van der Waals surface area contributed by atoms with Crippen LogP contribution in [0.2, 0.25) is 0 Å². The molecule has 1 aromatic rings. The number of nitrogens with one attached hydrogen (secondary N) is 2. The maximum atomic E-state index is 12.7. The topological polar surface area (TPSA) is 91.5 Å². The summed E-state index contributed by atoms with van der Waals surface area (Å²) < 4.78 is 5.08. The fraction of sp³-hybridized carbons (Fsp3) is 0.667. The number of aryl methyl sites for hydroxylation is 1. The molecular formula is C21H33N3O4. The van der Waals surface area contributed by atoms with Crippen molar-refractivity contribution in [2.24, 2.45) is 5.92 Å². The minimum absolute atomic E-state index is 0.0314. The van der Waals surface area contributed by atoms with E-state index < -0.39 is 0 Å². The van der Waals surface area contributed by atoms with Crippen molar-refractivity contribution in [3.8, 4) is 0 Å². The molecule has 1 aliphatic rings. The maximum Gasteiger partial charge on any atom is 0.355 e. The van der Waals surface area contributed by atoms with Gasteiger partial charge in [0.1, 0.15) is 5.69 Å². The third-order valence-corrected chi connectivity index (χ3v) is 5.24. The summed E-state index contributed by atoms with van der Waals surface area (Å²) in [6, 6.07) is 0.103. The van der Waals surface area contributed by atoms with Crippen LogP contribution in [0, 0.1) is 19.8 Å². The van der Waals surface area contributed by atoms with Gasteiger partial charge in [-0.25, -0.2) is 4.79 Å². The molecule has 7 heteroatoms. The highest BCUT2D eigenvalue weighted by molar-refractivity contribution is 5.90. The number of piperidine rings is 1. The van der Waals surface area contributed by atoms with Crippen molar-refractivity contribution in [2.75, 3.05) is 19.7 Å². The fourth-order valence-electron chi connectivity index (χ4n) is 3.78. The standard InChI is InChI=1S/C21H33N3O4/c1-6-28-21(27)19-14(4)17(15(5)23-19)9-10-18(25)24-11-7-8-16(12-24)20(26)22-13(2)3/h13,16,23H,6-12H2,1-5H3,(H,22,26)/t16-/m1/s1. The SMILES string of the molecule is CCOC(=O)c1[nH]c(C)c(CCC(=O)N2CCC[C@@H](C(=O)NC(C)C)C2)c1C. The molecule has 0 saturated carbocycles. The summed E-state index contributed by atoms with van der Waals surface area (Å²) in [5, 5.41) is 2.94. The predicted molar refractivity (Wildman–Crippen MR) is 107 cm³/mol. The summed E-state index contributed by atoms with van der Waals surface area (Å²) in [6.07, 6.45) is 2.59. The second-order valence-corrected chi connectivity index (χ2v) is 7.79. The summed E-state index contributed by atoms with van der Waals surface area (Å²) in [4.78, 5) is 41.9. The molecule has 0 aromatic carbocycles. The first kappa shape index (κ1) is 22.0. The number of rotatable bonds is 7. The molecule has 2 rings (SSSR count). The Bertz CT molecular complexity index is 723. The molecule has 2 heterocycles. The number of ether oxygens (including phenoxy) is 1. The summed E-state index contributed by atoms with van der Waals surface area (Å²) in [5.41, 5.74) is 3.19. The van der Waals surface area contributed by atoms with E-state index in [1.54, 1.807) is 11.8 Å². The second-order valence-electron chi connectivity index (χ2n) is 7.79. The molecule has 0 unspecified atom stereocenters. The number of likely N-dealkylation sites (tertiary alicyclic amines) is 1. The molecule has 0 radical (unpaired) electrons. The first-order chi connectivity index (χ1) is 13.2. The molecule has 28 heavy (non-hydrogen) atoms. The molecular weight excluding hydrogens is 358 g/mol. The number of esters is 1. The normalized spacial score (nSPS) is 16.9. The molecule has 2 N–H and O–H groups in total. The van der Waals surface area contributed by atoms with Crippen molar-refractivity contribution < 1.29 is 19.1 Å². The van der Waals surface area contributed by atoms with Crippen LogP contribution in [0.1, 0.15) is 67.3 Å². The van der Waals surface area contributed by atoms with Gasteiger partial charge in [-0.3, -0.25) is 9.59 Å². The van der Waals surface area contributed by atoms with Crippen LogP contribution in [-0.2, 0) is 20.7 Å². The van der Waals surface area contributed by atoms with Crippen LogP contribution in [-0.4, -0.2) is 53.4 Å². The maximum absolute atomic E-state index is 12.7. The summed E-state index contributed by atoms with van der Waals surface area (Å²) in [5.74, 6) is -0.411. The number of H-pyrrole nitrogens is 1. The molecule has 1 aromatic heterocycles. The van der Waals surface area contributed by atoms with E-state index in [9.17, 15) is 14.4 Å². The first-order valence-corrected chi connectivity index (χ1v) is 10.2. The van der Waals surface area contributed by atoms with Crippen molar-refractivity contribution in [3.63, 3.8) is 0 Å². The van der Waals surface area contributed by atoms with Gasteiger partial charge in [0.25, 0.3) is 0 Å². The van der Waals surface area contributed by atoms with Crippen molar-refractivity contribution in [1.82, 2.24) is 15.2 Å². The second kappa shape index (κ2) is 9.75. The van der Waals surface area contributed by atoms with E-state index in [-0.39, 0.29) is 29.7 Å². The molecule has 0 aliphatic carbocycles. The molecule has 0 spiro atoms. The number of aromatic nitrogens is 1. The van der Waals surface area contributed by atoms with Crippen LogP contribution >= 0.6 is 0 Å². The predicted octanol–water partition coefficient (Wildman–Crippen LogP) is 2.50. The highest BCUT2D eigenvalue weighted by atomic mass is 16.5. The monoisotopic (exact) mass is 391 g/mol. The Morgan fingerprint density at radius 3 is 2.64 bits per heavy atom. The average molecular weight is 392 g/mol. The highest BCUT2D eigenvalue weighted by Gasteiger charge is 2.28. The zero-order valence-corrected chi connectivity index (χ0v) is 17.7. The van der Waals surface area contributed by atoms with Crippen molar-refractivity contribution >= 4 is 17.8 Å². The number of hydrogen-bond donors (Lipinski definition) is 2. The van der Waals surface area contributed by atoms with E-state index >= 15 is 0 Å². The smallest absolute Gasteiger partial charge is 0.355 e. The summed E-state index contributed by atoms with van der Waals surface area (Å²) in [6.45, 7) is 10.9. The van der Waals surface area contributed by atoms with Gasteiger partial charge in [-0.15, -0.1) is 0 Å². The van der Waals surface area contributed by atoms with Gasteiger partial charge < -0.3 is 19.9 Å². The zero-order valence-electron chi connectivity index (χ0n) is 17.7. The van der Waals surface area contributed by atoms with E-state index in [4.69, 9.17) is 4.74 Å². The van der Waals surface area contributed by atoms with E-state index in [2.05, 4.69) is 10.3 Å². The lowest BCUT2D eigenvalue weighted by atomic mass is 9.96. The average Bonchev–Trinajstić information content (AvgIpc) is 2.93. The molecule has 1 fully saturated rings. The van der Waals surface area contributed by atoms with E-state index in [0.717, 1.165) is 29.7 Å². The van der Waals surface area contributed by atoms with Crippen LogP contribution in [0.15, 0.2) is 0 Å². The lowest BCUT2D eigenvalue weighted by Gasteiger charge is -2.32. The van der Waals surface area contributed by atoms with Gasteiger partial charge in [-0.05, 0) is 65.0 Å². The van der Waals surface area contributed by atoms with Gasteiger partial charge in [-0.1, -0.05) is 0 Å². The van der Waals surface area contributed by atoms with Gasteiger partial charge in [0.2, 0.25) is 11.8 Å². The number of nitrogens with zero attached hydrogens (tertiary/aromatic N) is 1. The number of carbonyl (C=O) groups is 3. The highest BCUT2D eigenvalue weighted by Crippen LogP contribution is 2.22. The Morgan fingerprint density at radius 2 is 2.00 bits per heavy atom. The van der Waals surface area contributed by atoms with E-state index in [0.29, 0.717) is 38.2 Å². The van der Waals surface area contributed by atoms with Crippen molar-refractivity contribution in [3.05, 3.63) is 22.5 Å². The number of hydrogen-bond acceptors (Lipinski definition) is 4.